The molecule has 0 bridgehead atoms. The second-order valence-electron chi connectivity index (χ2n) is 10.8. The monoisotopic (exact) mass is 552 g/mol. The SMILES string of the molecule is [2H]c1c(-c2c3ccccc3c(-c3ccc4c(c3)oc3ccccc34)c3ccccc23)c([2H])c2c([2H])c([2H])c(-c3ccccc3)c([2H])c2c1[2H]. The van der Waals surface area contributed by atoms with Crippen molar-refractivity contribution in [1.29, 1.82) is 0 Å². The van der Waals surface area contributed by atoms with Crippen LogP contribution >= 0.6 is 0 Å². The van der Waals surface area contributed by atoms with Gasteiger partial charge in [-0.25, -0.2) is 0 Å². The standard InChI is InChI=1S/C42H26O/c1-2-10-27(11-3-1)28-18-19-30-25-31(21-20-29(30)24-28)41-35-13-4-6-15-37(35)42(38-16-7-5-14-36(38)41)32-22-23-34-33-12-8-9-17-39(33)43-40(34)26-32/h1-26H/i18D,19D,20D,21D,24D,25D. The summed E-state index contributed by atoms with van der Waals surface area (Å²) < 4.78 is 61.5. The molecule has 43 heavy (non-hydrogen) atoms. The molecule has 1 heteroatoms. The van der Waals surface area contributed by atoms with Crippen molar-refractivity contribution in [3.63, 3.8) is 0 Å². The van der Waals surface area contributed by atoms with Crippen molar-refractivity contribution in [2.24, 2.45) is 0 Å². The fourth-order valence-electron chi connectivity index (χ4n) is 6.34. The van der Waals surface area contributed by atoms with Crippen LogP contribution < -0.4 is 0 Å². The lowest BCUT2D eigenvalue weighted by Gasteiger charge is -2.18. The Morgan fingerprint density at radius 1 is 0.372 bits per heavy atom. The normalized spacial score (nSPS) is 13.7. The maximum Gasteiger partial charge on any atom is 0.136 e. The maximum atomic E-state index is 9.53. The summed E-state index contributed by atoms with van der Waals surface area (Å²) in [5.74, 6) is 0. The summed E-state index contributed by atoms with van der Waals surface area (Å²) in [6, 6.07) is 37.9. The maximum absolute atomic E-state index is 9.53. The van der Waals surface area contributed by atoms with Gasteiger partial charge in [-0.2, -0.15) is 0 Å². The van der Waals surface area contributed by atoms with E-state index in [9.17, 15) is 4.11 Å². The summed E-state index contributed by atoms with van der Waals surface area (Å²) in [4.78, 5) is 0. The molecule has 1 nitrogen and oxygen atoms in total. The summed E-state index contributed by atoms with van der Waals surface area (Å²) in [6.07, 6.45) is 0. The van der Waals surface area contributed by atoms with Crippen LogP contribution in [0.5, 0.6) is 0 Å². The topological polar surface area (TPSA) is 13.1 Å². The van der Waals surface area contributed by atoms with Crippen molar-refractivity contribution < 1.29 is 12.6 Å². The highest BCUT2D eigenvalue weighted by molar-refractivity contribution is 6.22. The molecular formula is C42H26O. The van der Waals surface area contributed by atoms with Gasteiger partial charge in [0.1, 0.15) is 11.2 Å². The molecule has 8 aromatic carbocycles. The Morgan fingerprint density at radius 3 is 1.56 bits per heavy atom. The van der Waals surface area contributed by atoms with Gasteiger partial charge in [-0.3, -0.25) is 0 Å². The third-order valence-corrected chi connectivity index (χ3v) is 8.29. The Labute approximate surface area is 257 Å². The first-order valence-electron chi connectivity index (χ1n) is 17.3. The summed E-state index contributed by atoms with van der Waals surface area (Å²) >= 11 is 0. The fraction of sp³-hybridized carbons (Fsp3) is 0. The first-order valence-corrected chi connectivity index (χ1v) is 14.3. The lowest BCUT2D eigenvalue weighted by Crippen LogP contribution is -1.91. The Morgan fingerprint density at radius 2 is 0.884 bits per heavy atom. The van der Waals surface area contributed by atoms with Crippen molar-refractivity contribution in [1.82, 2.24) is 0 Å². The molecule has 1 heterocycles. The number of benzene rings is 8. The molecule has 200 valence electrons. The molecule has 0 saturated carbocycles. The molecule has 0 amide bonds. The van der Waals surface area contributed by atoms with E-state index in [1.165, 1.54) is 0 Å². The van der Waals surface area contributed by atoms with E-state index in [0.717, 1.165) is 54.6 Å². The molecule has 0 radical (unpaired) electrons. The van der Waals surface area contributed by atoms with Crippen LogP contribution in [0.2, 0.25) is 0 Å². The predicted octanol–water partition coefficient (Wildman–Crippen LogP) is 12.0. The van der Waals surface area contributed by atoms with Crippen LogP contribution in [0.25, 0.3) is 87.6 Å². The highest BCUT2D eigenvalue weighted by Gasteiger charge is 2.18. The average Bonchev–Trinajstić information content (AvgIpc) is 3.50. The minimum Gasteiger partial charge on any atom is -0.456 e. The zero-order valence-corrected chi connectivity index (χ0v) is 23.0. The minimum absolute atomic E-state index is 0.0401. The van der Waals surface area contributed by atoms with E-state index in [4.69, 9.17) is 8.53 Å². The van der Waals surface area contributed by atoms with Crippen LogP contribution in [-0.4, -0.2) is 0 Å². The van der Waals surface area contributed by atoms with E-state index in [2.05, 4.69) is 24.3 Å². The van der Waals surface area contributed by atoms with Gasteiger partial charge in [0.15, 0.2) is 0 Å². The first kappa shape index (κ1) is 18.7. The van der Waals surface area contributed by atoms with Crippen LogP contribution in [0.15, 0.2) is 162 Å². The highest BCUT2D eigenvalue weighted by atomic mass is 16.3. The molecule has 0 spiro atoms. The van der Waals surface area contributed by atoms with E-state index in [0.29, 0.717) is 11.1 Å². The van der Waals surface area contributed by atoms with Gasteiger partial charge in [0, 0.05) is 10.8 Å². The van der Waals surface area contributed by atoms with Gasteiger partial charge >= 0.3 is 0 Å². The summed E-state index contributed by atoms with van der Waals surface area (Å²) in [6.45, 7) is 0. The number of fused-ring (bicyclic) bond motifs is 6. The molecule has 0 N–H and O–H groups in total. The molecule has 0 atom stereocenters. The zero-order chi connectivity index (χ0) is 33.6. The number of rotatable bonds is 3. The Hall–Kier alpha value is -5.66. The van der Waals surface area contributed by atoms with E-state index in [1.807, 2.05) is 72.8 Å². The van der Waals surface area contributed by atoms with Crippen molar-refractivity contribution >= 4 is 54.3 Å². The van der Waals surface area contributed by atoms with E-state index < -0.39 is 0 Å². The smallest absolute Gasteiger partial charge is 0.136 e. The van der Waals surface area contributed by atoms with Gasteiger partial charge < -0.3 is 4.42 Å². The Bertz CT molecular complexity index is 2780. The molecule has 9 aromatic rings. The largest absolute Gasteiger partial charge is 0.456 e. The first-order chi connectivity index (χ1) is 23.8. The van der Waals surface area contributed by atoms with Crippen LogP contribution in [0.3, 0.4) is 0 Å². The molecule has 0 aliphatic heterocycles. The Balaban J connectivity index is 1.38. The van der Waals surface area contributed by atoms with Crippen LogP contribution in [0.1, 0.15) is 8.22 Å². The third kappa shape index (κ3) is 3.79. The molecule has 9 rings (SSSR count). The van der Waals surface area contributed by atoms with Crippen LogP contribution in [0, 0.1) is 0 Å². The van der Waals surface area contributed by atoms with Gasteiger partial charge in [-0.15, -0.1) is 0 Å². The number of hydrogen-bond acceptors (Lipinski definition) is 1. The zero-order valence-electron chi connectivity index (χ0n) is 29.0. The summed E-state index contributed by atoms with van der Waals surface area (Å²) in [5, 5.41) is 5.58. The second-order valence-corrected chi connectivity index (χ2v) is 10.8. The van der Waals surface area contributed by atoms with Crippen molar-refractivity contribution in [3.8, 4) is 33.4 Å². The number of furan rings is 1. The number of para-hydroxylation sites is 1. The molecule has 0 unspecified atom stereocenters. The second kappa shape index (κ2) is 9.44. The van der Waals surface area contributed by atoms with Gasteiger partial charge in [0.25, 0.3) is 0 Å². The van der Waals surface area contributed by atoms with Crippen molar-refractivity contribution in [2.75, 3.05) is 0 Å². The molecule has 0 aliphatic rings. The van der Waals surface area contributed by atoms with Gasteiger partial charge in [0.05, 0.1) is 8.22 Å². The summed E-state index contributed by atoms with van der Waals surface area (Å²) in [5.41, 5.74) is 5.19. The molecular weight excluding hydrogens is 520 g/mol. The molecule has 1 aromatic heterocycles. The third-order valence-electron chi connectivity index (χ3n) is 8.29. The molecule has 0 fully saturated rings. The molecule has 0 aliphatic carbocycles. The lowest BCUT2D eigenvalue weighted by atomic mass is 9.85. The average molecular weight is 553 g/mol. The van der Waals surface area contributed by atoms with Gasteiger partial charge in [-0.05, 0) is 96.0 Å². The molecule has 0 saturated heterocycles. The lowest BCUT2D eigenvalue weighted by molar-refractivity contribution is 0.669. The predicted molar refractivity (Wildman–Crippen MR) is 183 cm³/mol. The van der Waals surface area contributed by atoms with Crippen LogP contribution in [0.4, 0.5) is 0 Å². The Kier molecular flexibility index (Phi) is 4.11. The van der Waals surface area contributed by atoms with E-state index >= 15 is 0 Å². The minimum atomic E-state index is -0.232. The van der Waals surface area contributed by atoms with Crippen molar-refractivity contribution in [2.45, 2.75) is 0 Å². The summed E-state index contributed by atoms with van der Waals surface area (Å²) in [7, 11) is 0. The van der Waals surface area contributed by atoms with Crippen LogP contribution in [-0.2, 0) is 0 Å². The van der Waals surface area contributed by atoms with E-state index in [-0.39, 0.29) is 58.2 Å². The van der Waals surface area contributed by atoms with Gasteiger partial charge in [0.2, 0.25) is 0 Å². The van der Waals surface area contributed by atoms with Crippen molar-refractivity contribution in [3.05, 3.63) is 158 Å². The van der Waals surface area contributed by atoms with Gasteiger partial charge in [-0.1, -0.05) is 127 Å². The number of hydrogen-bond donors (Lipinski definition) is 0. The quantitative estimate of drug-likeness (QED) is 0.199. The highest BCUT2D eigenvalue weighted by Crippen LogP contribution is 2.45. The fourth-order valence-corrected chi connectivity index (χ4v) is 6.34. The van der Waals surface area contributed by atoms with E-state index in [1.54, 1.807) is 24.3 Å².